The number of aliphatic hydroxyl groups excluding tert-OH is 1. The number of aromatic nitrogens is 1. The van der Waals surface area contributed by atoms with Crippen molar-refractivity contribution in [2.45, 2.75) is 83.0 Å². The molecule has 1 unspecified atom stereocenters. The molecular weight excluding hydrogens is 471 g/mol. The van der Waals surface area contributed by atoms with Crippen LogP contribution in [0.5, 0.6) is 0 Å². The number of ether oxygens (including phenoxy) is 3. The zero-order chi connectivity index (χ0) is 26.1. The largest absolute Gasteiger partial charge is 0.416 e. The Morgan fingerprint density at radius 2 is 1.69 bits per heavy atom. The molecule has 196 valence electrons. The summed E-state index contributed by atoms with van der Waals surface area (Å²) in [6.07, 6.45) is -3.28. The highest BCUT2D eigenvalue weighted by atomic mass is 19.4. The average molecular weight is 506 g/mol. The highest BCUT2D eigenvalue weighted by molar-refractivity contribution is 5.55. The van der Waals surface area contributed by atoms with Crippen molar-refractivity contribution in [3.05, 3.63) is 63.5 Å². The SMILES string of the molecule is COC(C)(C)c1nc2c(c3c1[C@@H](c1ccc(C(F)(F)F)cc1)OC31CCOCC1)C(O)CC(C)(C)C2. The minimum atomic E-state index is -4.42. The van der Waals surface area contributed by atoms with Gasteiger partial charge < -0.3 is 19.3 Å². The van der Waals surface area contributed by atoms with Crippen molar-refractivity contribution in [3.63, 3.8) is 0 Å². The van der Waals surface area contributed by atoms with Gasteiger partial charge in [-0.3, -0.25) is 4.98 Å². The number of benzene rings is 1. The van der Waals surface area contributed by atoms with Crippen molar-refractivity contribution in [1.82, 2.24) is 4.98 Å². The van der Waals surface area contributed by atoms with Crippen molar-refractivity contribution in [2.75, 3.05) is 20.3 Å². The summed E-state index contributed by atoms with van der Waals surface area (Å²) in [5.74, 6) is 0. The summed E-state index contributed by atoms with van der Waals surface area (Å²) in [5, 5.41) is 11.4. The molecule has 1 saturated heterocycles. The summed E-state index contributed by atoms with van der Waals surface area (Å²) in [6.45, 7) is 9.12. The Labute approximate surface area is 210 Å². The highest BCUT2D eigenvalue weighted by Gasteiger charge is 2.53. The average Bonchev–Trinajstić information content (AvgIpc) is 3.11. The molecule has 2 atom stereocenters. The fourth-order valence-electron chi connectivity index (χ4n) is 6.10. The summed E-state index contributed by atoms with van der Waals surface area (Å²) in [6, 6.07) is 5.16. The van der Waals surface area contributed by atoms with E-state index in [-0.39, 0.29) is 5.41 Å². The number of methoxy groups -OCH3 is 1. The molecule has 0 saturated carbocycles. The van der Waals surface area contributed by atoms with E-state index >= 15 is 0 Å². The van der Waals surface area contributed by atoms with Crippen LogP contribution in [0, 0.1) is 5.41 Å². The van der Waals surface area contributed by atoms with Gasteiger partial charge in [0.05, 0.1) is 23.0 Å². The third kappa shape index (κ3) is 4.16. The van der Waals surface area contributed by atoms with Gasteiger partial charge in [-0.05, 0) is 55.4 Å². The van der Waals surface area contributed by atoms with Crippen LogP contribution >= 0.6 is 0 Å². The molecule has 5 nitrogen and oxygen atoms in total. The second-order valence-corrected chi connectivity index (χ2v) is 11.6. The van der Waals surface area contributed by atoms with Crippen molar-refractivity contribution in [1.29, 1.82) is 0 Å². The molecule has 5 rings (SSSR count). The van der Waals surface area contributed by atoms with Gasteiger partial charge in [0.25, 0.3) is 0 Å². The van der Waals surface area contributed by atoms with E-state index in [9.17, 15) is 18.3 Å². The third-order valence-corrected chi connectivity index (χ3v) is 8.06. The van der Waals surface area contributed by atoms with Gasteiger partial charge in [-0.25, -0.2) is 0 Å². The molecule has 1 aromatic carbocycles. The Morgan fingerprint density at radius 3 is 2.28 bits per heavy atom. The molecule has 1 spiro atoms. The number of halogens is 3. The van der Waals surface area contributed by atoms with Crippen LogP contribution < -0.4 is 0 Å². The molecule has 36 heavy (non-hydrogen) atoms. The van der Waals surface area contributed by atoms with E-state index < -0.39 is 35.1 Å². The predicted molar refractivity (Wildman–Crippen MR) is 127 cm³/mol. The molecule has 3 heterocycles. The van der Waals surface area contributed by atoms with Gasteiger partial charge in [0, 0.05) is 50.0 Å². The first-order valence-electron chi connectivity index (χ1n) is 12.5. The maximum absolute atomic E-state index is 13.3. The van der Waals surface area contributed by atoms with Gasteiger partial charge in [0.2, 0.25) is 0 Å². The zero-order valence-electron chi connectivity index (χ0n) is 21.5. The van der Waals surface area contributed by atoms with E-state index in [4.69, 9.17) is 19.2 Å². The number of alkyl halides is 3. The second-order valence-electron chi connectivity index (χ2n) is 11.6. The van der Waals surface area contributed by atoms with E-state index in [1.807, 2.05) is 13.8 Å². The Balaban J connectivity index is 1.78. The lowest BCUT2D eigenvalue weighted by Crippen LogP contribution is -2.37. The third-order valence-electron chi connectivity index (χ3n) is 8.06. The van der Waals surface area contributed by atoms with Crippen LogP contribution in [-0.4, -0.2) is 30.4 Å². The summed E-state index contributed by atoms with van der Waals surface area (Å²) in [4.78, 5) is 5.11. The lowest BCUT2D eigenvalue weighted by molar-refractivity contribution is -0.137. The molecule has 1 fully saturated rings. The van der Waals surface area contributed by atoms with Crippen LogP contribution in [0.15, 0.2) is 24.3 Å². The molecule has 2 aliphatic heterocycles. The van der Waals surface area contributed by atoms with Gasteiger partial charge in [-0.15, -0.1) is 0 Å². The molecule has 0 radical (unpaired) electrons. The first kappa shape index (κ1) is 25.6. The standard InChI is InChI=1S/C28H34F3NO4/c1-25(2)14-18-20(19(33)15-25)22-21(24(32-18)26(3,4)34-5)23(36-27(22)10-12-35-13-11-27)16-6-8-17(9-7-16)28(29,30)31/h6-9,19,23,33H,10-15H2,1-5H3/t19?,23-/m1/s1. The van der Waals surface area contributed by atoms with Gasteiger partial charge in [-0.2, -0.15) is 13.2 Å². The summed E-state index contributed by atoms with van der Waals surface area (Å²) in [7, 11) is 1.62. The number of pyridine rings is 1. The van der Waals surface area contributed by atoms with Crippen molar-refractivity contribution < 1.29 is 32.5 Å². The Kier molecular flexibility index (Phi) is 6.06. The van der Waals surface area contributed by atoms with Crippen molar-refractivity contribution in [3.8, 4) is 0 Å². The van der Waals surface area contributed by atoms with Crippen molar-refractivity contribution >= 4 is 0 Å². The molecule has 1 aliphatic carbocycles. The normalized spacial score (nSPS) is 25.0. The van der Waals surface area contributed by atoms with E-state index in [1.54, 1.807) is 7.11 Å². The van der Waals surface area contributed by atoms with Crippen LogP contribution in [0.2, 0.25) is 0 Å². The van der Waals surface area contributed by atoms with E-state index in [0.717, 1.165) is 34.5 Å². The molecule has 1 aromatic heterocycles. The predicted octanol–water partition coefficient (Wildman–Crippen LogP) is 6.11. The Bertz CT molecular complexity index is 1150. The van der Waals surface area contributed by atoms with Gasteiger partial charge in [-0.1, -0.05) is 26.0 Å². The lowest BCUT2D eigenvalue weighted by atomic mass is 9.69. The number of hydrogen-bond donors (Lipinski definition) is 1. The minimum absolute atomic E-state index is 0.128. The van der Waals surface area contributed by atoms with Crippen LogP contribution in [0.25, 0.3) is 0 Å². The molecule has 0 bridgehead atoms. The number of hydrogen-bond acceptors (Lipinski definition) is 5. The zero-order valence-corrected chi connectivity index (χ0v) is 21.5. The van der Waals surface area contributed by atoms with Gasteiger partial charge >= 0.3 is 6.18 Å². The molecule has 3 aliphatic rings. The number of rotatable bonds is 3. The maximum atomic E-state index is 13.3. The van der Waals surface area contributed by atoms with Crippen LogP contribution in [-0.2, 0) is 38.0 Å². The quantitative estimate of drug-likeness (QED) is 0.545. The van der Waals surface area contributed by atoms with Gasteiger partial charge in [0.15, 0.2) is 0 Å². The summed E-state index contributed by atoms with van der Waals surface area (Å²) >= 11 is 0. The topological polar surface area (TPSA) is 60.8 Å². The minimum Gasteiger partial charge on any atom is -0.388 e. The van der Waals surface area contributed by atoms with E-state index in [0.29, 0.717) is 50.2 Å². The maximum Gasteiger partial charge on any atom is 0.416 e. The lowest BCUT2D eigenvalue weighted by Gasteiger charge is -2.40. The second kappa shape index (κ2) is 8.51. The first-order chi connectivity index (χ1) is 16.8. The Morgan fingerprint density at radius 1 is 1.06 bits per heavy atom. The molecule has 1 N–H and O–H groups in total. The monoisotopic (exact) mass is 505 g/mol. The summed E-state index contributed by atoms with van der Waals surface area (Å²) < 4.78 is 58.3. The highest BCUT2D eigenvalue weighted by Crippen LogP contribution is 2.58. The Hall–Kier alpha value is -2.00. The fourth-order valence-corrected chi connectivity index (χ4v) is 6.10. The number of fused-ring (bicyclic) bond motifs is 4. The molecule has 0 amide bonds. The van der Waals surface area contributed by atoms with Crippen LogP contribution in [0.3, 0.4) is 0 Å². The van der Waals surface area contributed by atoms with E-state index in [1.165, 1.54) is 12.1 Å². The fraction of sp³-hybridized carbons (Fsp3) is 0.607. The summed E-state index contributed by atoms with van der Waals surface area (Å²) in [5.41, 5.74) is 2.40. The molecule has 2 aromatic rings. The molecule has 8 heteroatoms. The number of nitrogens with zero attached hydrogens (tertiary/aromatic N) is 1. The smallest absolute Gasteiger partial charge is 0.388 e. The van der Waals surface area contributed by atoms with Crippen molar-refractivity contribution in [2.24, 2.45) is 5.41 Å². The number of aliphatic hydroxyl groups is 1. The van der Waals surface area contributed by atoms with Gasteiger partial charge in [0.1, 0.15) is 11.7 Å². The van der Waals surface area contributed by atoms with Crippen LogP contribution in [0.4, 0.5) is 13.2 Å². The van der Waals surface area contributed by atoms with E-state index in [2.05, 4.69) is 13.8 Å². The molecular formula is C28H34F3NO4. The first-order valence-corrected chi connectivity index (χ1v) is 12.5. The van der Waals surface area contributed by atoms with Crippen LogP contribution in [0.1, 0.15) is 98.4 Å².